The van der Waals surface area contributed by atoms with E-state index in [4.69, 9.17) is 4.99 Å². The van der Waals surface area contributed by atoms with E-state index in [9.17, 15) is 4.39 Å². The maximum atomic E-state index is 14.5. The molecule has 0 saturated heterocycles. The molecule has 0 spiro atoms. The van der Waals surface area contributed by atoms with Gasteiger partial charge in [0.05, 0.1) is 6.04 Å². The Morgan fingerprint density at radius 2 is 1.73 bits per heavy atom. The van der Waals surface area contributed by atoms with Crippen LogP contribution in [0.25, 0.3) is 11.1 Å². The second-order valence-corrected chi connectivity index (χ2v) is 8.78. The third kappa shape index (κ3) is 5.29. The Bertz CT molecular complexity index is 1090. The molecule has 0 fully saturated rings. The van der Waals surface area contributed by atoms with Crippen LogP contribution in [0.1, 0.15) is 68.7 Å². The topological polar surface area (TPSA) is 41.4 Å². The van der Waals surface area contributed by atoms with Gasteiger partial charge in [-0.1, -0.05) is 63.1 Å². The lowest BCUT2D eigenvalue weighted by Crippen LogP contribution is -2.20. The number of rotatable bonds is 9. The fourth-order valence-electron chi connectivity index (χ4n) is 4.47. The van der Waals surface area contributed by atoms with Crippen molar-refractivity contribution in [3.8, 4) is 11.1 Å². The van der Waals surface area contributed by atoms with Gasteiger partial charge in [-0.3, -0.25) is 4.99 Å². The van der Waals surface area contributed by atoms with Gasteiger partial charge in [0.2, 0.25) is 5.95 Å². The van der Waals surface area contributed by atoms with Crippen LogP contribution >= 0.6 is 0 Å². The fraction of sp³-hybridized carbons (Fsp3) is 0.393. The molecule has 33 heavy (non-hydrogen) atoms. The highest BCUT2D eigenvalue weighted by Crippen LogP contribution is 2.33. The molecule has 0 aliphatic carbocycles. The minimum Gasteiger partial charge on any atom is -0.344 e. The van der Waals surface area contributed by atoms with Gasteiger partial charge in [0.25, 0.3) is 0 Å². The lowest BCUT2D eigenvalue weighted by Gasteiger charge is -2.16. The molecule has 4 rings (SSSR count). The number of unbranched alkanes of at least 4 members (excludes halogenated alkanes) is 2. The van der Waals surface area contributed by atoms with E-state index in [2.05, 4.69) is 53.0 Å². The third-order valence-electron chi connectivity index (χ3n) is 6.44. The summed E-state index contributed by atoms with van der Waals surface area (Å²) < 4.78 is 14.5. The molecule has 0 radical (unpaired) electrons. The molecule has 0 amide bonds. The Morgan fingerprint density at radius 3 is 2.42 bits per heavy atom. The van der Waals surface area contributed by atoms with Gasteiger partial charge in [-0.15, -0.1) is 0 Å². The van der Waals surface area contributed by atoms with Crippen LogP contribution in [0.4, 0.5) is 10.3 Å². The van der Waals surface area contributed by atoms with E-state index < -0.39 is 0 Å². The largest absolute Gasteiger partial charge is 0.344 e. The SMILES string of the molecule is CCCCCN(C)c1ncc(-c2ccc(C3CCC(c4c(F)cccc4CC)=N3)cc2)cn1. The molecule has 1 aliphatic heterocycles. The molecule has 1 aromatic heterocycles. The predicted molar refractivity (Wildman–Crippen MR) is 135 cm³/mol. The van der Waals surface area contributed by atoms with E-state index in [0.29, 0.717) is 5.56 Å². The van der Waals surface area contributed by atoms with Crippen molar-refractivity contribution < 1.29 is 4.39 Å². The van der Waals surface area contributed by atoms with Crippen LogP contribution < -0.4 is 4.90 Å². The molecule has 0 N–H and O–H groups in total. The summed E-state index contributed by atoms with van der Waals surface area (Å²) in [7, 11) is 2.04. The maximum Gasteiger partial charge on any atom is 0.225 e. The molecule has 2 aromatic carbocycles. The van der Waals surface area contributed by atoms with E-state index in [0.717, 1.165) is 66.1 Å². The first-order chi connectivity index (χ1) is 16.1. The average Bonchev–Trinajstić information content (AvgIpc) is 3.34. The zero-order chi connectivity index (χ0) is 23.2. The molecular weight excluding hydrogens is 411 g/mol. The summed E-state index contributed by atoms with van der Waals surface area (Å²) >= 11 is 0. The standard InChI is InChI=1S/C28H33FN4/c1-4-6-7-17-33(3)28-30-18-23(19-31-28)21-11-13-22(14-12-21)25-15-16-26(32-25)27-20(5-2)9-8-10-24(27)29/h8-14,18-19,25H,4-7,15-17H2,1-3H3. The molecule has 1 unspecified atom stereocenters. The van der Waals surface area contributed by atoms with Crippen molar-refractivity contribution in [1.82, 2.24) is 9.97 Å². The van der Waals surface area contributed by atoms with E-state index in [1.54, 1.807) is 6.07 Å². The second kappa shape index (κ2) is 10.7. The smallest absolute Gasteiger partial charge is 0.225 e. The molecule has 1 aliphatic rings. The summed E-state index contributed by atoms with van der Waals surface area (Å²) in [6.07, 6.45) is 9.90. The van der Waals surface area contributed by atoms with Gasteiger partial charge in [0.1, 0.15) is 5.82 Å². The number of aliphatic imine (C=N–C) groups is 1. The van der Waals surface area contributed by atoms with E-state index in [-0.39, 0.29) is 11.9 Å². The lowest BCUT2D eigenvalue weighted by molar-refractivity contribution is 0.622. The van der Waals surface area contributed by atoms with Gasteiger partial charge in [0.15, 0.2) is 0 Å². The molecule has 0 saturated carbocycles. The van der Waals surface area contributed by atoms with Crippen molar-refractivity contribution >= 4 is 11.7 Å². The van der Waals surface area contributed by atoms with Crippen LogP contribution in [0.2, 0.25) is 0 Å². The molecule has 1 atom stereocenters. The molecule has 0 bridgehead atoms. The Hall–Kier alpha value is -3.08. The Balaban J connectivity index is 1.46. The summed E-state index contributed by atoms with van der Waals surface area (Å²) in [6.45, 7) is 5.24. The van der Waals surface area contributed by atoms with Gasteiger partial charge in [-0.2, -0.15) is 0 Å². The van der Waals surface area contributed by atoms with Crippen molar-refractivity contribution in [2.24, 2.45) is 4.99 Å². The quantitative estimate of drug-likeness (QED) is 0.341. The number of anilines is 1. The van der Waals surface area contributed by atoms with Crippen molar-refractivity contribution in [2.75, 3.05) is 18.5 Å². The van der Waals surface area contributed by atoms with E-state index in [1.165, 1.54) is 18.9 Å². The molecule has 2 heterocycles. The predicted octanol–water partition coefficient (Wildman–Crippen LogP) is 6.80. The molecule has 172 valence electrons. The third-order valence-corrected chi connectivity index (χ3v) is 6.44. The van der Waals surface area contributed by atoms with Crippen LogP contribution in [0.5, 0.6) is 0 Å². The molecular formula is C28H33FN4. The summed E-state index contributed by atoms with van der Waals surface area (Å²) in [5.41, 5.74) is 5.88. The van der Waals surface area contributed by atoms with Crippen molar-refractivity contribution in [1.29, 1.82) is 0 Å². The number of hydrogen-bond donors (Lipinski definition) is 0. The highest BCUT2D eigenvalue weighted by molar-refractivity contribution is 6.03. The number of aryl methyl sites for hydroxylation is 1. The summed E-state index contributed by atoms with van der Waals surface area (Å²) in [5.74, 6) is 0.599. The van der Waals surface area contributed by atoms with Crippen LogP contribution in [0.15, 0.2) is 59.9 Å². The van der Waals surface area contributed by atoms with E-state index in [1.807, 2.05) is 25.5 Å². The molecule has 3 aromatic rings. The Morgan fingerprint density at radius 1 is 0.970 bits per heavy atom. The maximum absolute atomic E-state index is 14.5. The Labute approximate surface area is 196 Å². The monoisotopic (exact) mass is 444 g/mol. The summed E-state index contributed by atoms with van der Waals surface area (Å²) in [6, 6.07) is 13.9. The Kier molecular flexibility index (Phi) is 7.48. The highest BCUT2D eigenvalue weighted by atomic mass is 19.1. The van der Waals surface area contributed by atoms with Crippen molar-refractivity contribution in [2.45, 2.75) is 58.4 Å². The van der Waals surface area contributed by atoms with Crippen LogP contribution in [0.3, 0.4) is 0 Å². The summed E-state index contributed by atoms with van der Waals surface area (Å²) in [4.78, 5) is 16.1. The van der Waals surface area contributed by atoms with Gasteiger partial charge in [-0.05, 0) is 48.4 Å². The van der Waals surface area contributed by atoms with Crippen molar-refractivity contribution in [3.05, 3.63) is 77.4 Å². The van der Waals surface area contributed by atoms with Crippen LogP contribution in [-0.2, 0) is 6.42 Å². The van der Waals surface area contributed by atoms with Gasteiger partial charge >= 0.3 is 0 Å². The van der Waals surface area contributed by atoms with E-state index >= 15 is 0 Å². The van der Waals surface area contributed by atoms with Crippen molar-refractivity contribution in [3.63, 3.8) is 0 Å². The fourth-order valence-corrected chi connectivity index (χ4v) is 4.47. The summed E-state index contributed by atoms with van der Waals surface area (Å²) in [5, 5.41) is 0. The average molecular weight is 445 g/mol. The second-order valence-electron chi connectivity index (χ2n) is 8.78. The zero-order valence-electron chi connectivity index (χ0n) is 19.9. The van der Waals surface area contributed by atoms with Crippen LogP contribution in [0, 0.1) is 5.82 Å². The first-order valence-electron chi connectivity index (χ1n) is 12.1. The molecule has 4 nitrogen and oxygen atoms in total. The van der Waals surface area contributed by atoms with Gasteiger partial charge < -0.3 is 4.90 Å². The zero-order valence-corrected chi connectivity index (χ0v) is 19.9. The lowest BCUT2D eigenvalue weighted by atomic mass is 9.97. The number of nitrogens with zero attached hydrogens (tertiary/aromatic N) is 4. The number of aromatic nitrogens is 2. The minimum atomic E-state index is -0.163. The van der Waals surface area contributed by atoms with Gasteiger partial charge in [-0.25, -0.2) is 14.4 Å². The normalized spacial score (nSPS) is 15.5. The minimum absolute atomic E-state index is 0.0776. The van der Waals surface area contributed by atoms with Crippen LogP contribution in [-0.4, -0.2) is 29.3 Å². The number of halogens is 1. The van der Waals surface area contributed by atoms with Gasteiger partial charge in [0, 0.05) is 42.8 Å². The number of benzene rings is 2. The number of hydrogen-bond acceptors (Lipinski definition) is 4. The first kappa shape index (κ1) is 23.1. The first-order valence-corrected chi connectivity index (χ1v) is 12.1. The molecule has 5 heteroatoms. The highest BCUT2D eigenvalue weighted by Gasteiger charge is 2.23.